The Morgan fingerprint density at radius 2 is 1.82 bits per heavy atom. The van der Waals surface area contributed by atoms with E-state index in [1.807, 2.05) is 32.8 Å². The van der Waals surface area contributed by atoms with Gasteiger partial charge in [-0.2, -0.15) is 0 Å². The van der Waals surface area contributed by atoms with Crippen LogP contribution in [-0.4, -0.2) is 61.9 Å². The Morgan fingerprint density at radius 3 is 2.24 bits per heavy atom. The molecule has 0 atom stereocenters. The molecule has 17 heavy (non-hydrogen) atoms. The second-order valence-corrected chi connectivity index (χ2v) is 4.95. The summed E-state index contributed by atoms with van der Waals surface area (Å²) in [5, 5.41) is 2.80. The minimum Gasteiger partial charge on any atom is -0.353 e. The van der Waals surface area contributed by atoms with Gasteiger partial charge in [0.15, 0.2) is 0 Å². The van der Waals surface area contributed by atoms with Crippen LogP contribution < -0.4 is 5.32 Å². The van der Waals surface area contributed by atoms with E-state index in [4.69, 9.17) is 0 Å². The Balaban J connectivity index is 4.00. The summed E-state index contributed by atoms with van der Waals surface area (Å²) in [6.45, 7) is 7.74. The van der Waals surface area contributed by atoms with Crippen molar-refractivity contribution in [3.8, 4) is 0 Å². The van der Waals surface area contributed by atoms with Crippen molar-refractivity contribution in [1.29, 1.82) is 0 Å². The van der Waals surface area contributed by atoms with Crippen molar-refractivity contribution >= 4 is 11.8 Å². The summed E-state index contributed by atoms with van der Waals surface area (Å²) in [5.41, 5.74) is 0. The molecule has 0 aromatic carbocycles. The van der Waals surface area contributed by atoms with Crippen LogP contribution in [-0.2, 0) is 9.59 Å². The number of hydrogen-bond donors (Lipinski definition) is 1. The molecule has 2 amide bonds. The van der Waals surface area contributed by atoms with Crippen molar-refractivity contribution in [1.82, 2.24) is 15.1 Å². The van der Waals surface area contributed by atoms with Gasteiger partial charge in [0.1, 0.15) is 0 Å². The van der Waals surface area contributed by atoms with Crippen LogP contribution in [0.15, 0.2) is 0 Å². The van der Waals surface area contributed by atoms with Crippen LogP contribution in [0, 0.1) is 5.92 Å². The summed E-state index contributed by atoms with van der Waals surface area (Å²) in [4.78, 5) is 26.5. The van der Waals surface area contributed by atoms with E-state index in [2.05, 4.69) is 5.32 Å². The summed E-state index contributed by atoms with van der Waals surface area (Å²) in [6, 6.07) is 0. The van der Waals surface area contributed by atoms with Crippen molar-refractivity contribution in [2.75, 3.05) is 40.3 Å². The third-order valence-electron chi connectivity index (χ3n) is 2.25. The molecule has 0 unspecified atom stereocenters. The number of carbonyl (C=O) groups is 2. The van der Waals surface area contributed by atoms with E-state index in [0.717, 1.165) is 6.54 Å². The van der Waals surface area contributed by atoms with Crippen molar-refractivity contribution in [3.63, 3.8) is 0 Å². The summed E-state index contributed by atoms with van der Waals surface area (Å²) >= 11 is 0. The number of hydrogen-bond acceptors (Lipinski definition) is 3. The van der Waals surface area contributed by atoms with Crippen LogP contribution in [0.4, 0.5) is 0 Å². The molecule has 0 aromatic heterocycles. The predicted octanol–water partition coefficient (Wildman–Crippen LogP) is 0.169. The zero-order valence-corrected chi connectivity index (χ0v) is 11.6. The highest BCUT2D eigenvalue weighted by Gasteiger charge is 2.14. The lowest BCUT2D eigenvalue weighted by atomic mass is 10.2. The largest absolute Gasteiger partial charge is 0.353 e. The summed E-state index contributed by atoms with van der Waals surface area (Å²) in [6.07, 6.45) is 0. The van der Waals surface area contributed by atoms with E-state index in [1.54, 1.807) is 4.90 Å². The quantitative estimate of drug-likeness (QED) is 0.693. The van der Waals surface area contributed by atoms with E-state index in [0.29, 0.717) is 19.0 Å². The molecule has 0 saturated carbocycles. The highest BCUT2D eigenvalue weighted by molar-refractivity contribution is 5.83. The lowest BCUT2D eigenvalue weighted by molar-refractivity contribution is -0.134. The van der Waals surface area contributed by atoms with Crippen LogP contribution >= 0.6 is 0 Å². The number of amides is 2. The van der Waals surface area contributed by atoms with Crippen molar-refractivity contribution in [3.05, 3.63) is 0 Å². The van der Waals surface area contributed by atoms with Crippen LogP contribution in [0.2, 0.25) is 0 Å². The molecule has 0 spiro atoms. The Hall–Kier alpha value is -1.10. The smallest absolute Gasteiger partial charge is 0.239 e. The molecule has 0 heterocycles. The molecule has 0 bridgehead atoms. The maximum atomic E-state index is 11.6. The first kappa shape index (κ1) is 15.9. The molecule has 0 aliphatic heterocycles. The Labute approximate surface area is 104 Å². The number of rotatable bonds is 7. The Morgan fingerprint density at radius 1 is 1.24 bits per heavy atom. The fourth-order valence-corrected chi connectivity index (χ4v) is 1.39. The van der Waals surface area contributed by atoms with E-state index >= 15 is 0 Å². The second-order valence-electron chi connectivity index (χ2n) is 4.95. The summed E-state index contributed by atoms with van der Waals surface area (Å²) < 4.78 is 0. The standard InChI is InChI=1S/C12H25N3O2/c1-10(2)8-15(11(3)16)9-12(17)13-6-7-14(4)5/h10H,6-9H2,1-5H3,(H,13,17). The molecule has 0 saturated heterocycles. The lowest BCUT2D eigenvalue weighted by Crippen LogP contribution is -2.42. The molecule has 5 heteroatoms. The van der Waals surface area contributed by atoms with Crippen molar-refractivity contribution in [2.24, 2.45) is 5.92 Å². The van der Waals surface area contributed by atoms with Gasteiger partial charge in [0.25, 0.3) is 0 Å². The average Bonchev–Trinajstić information content (AvgIpc) is 2.15. The fraction of sp³-hybridized carbons (Fsp3) is 0.833. The third-order valence-corrected chi connectivity index (χ3v) is 2.25. The molecule has 1 N–H and O–H groups in total. The third kappa shape index (κ3) is 8.68. The topological polar surface area (TPSA) is 52.7 Å². The number of carbonyl (C=O) groups excluding carboxylic acids is 2. The van der Waals surface area contributed by atoms with Gasteiger partial charge in [0.2, 0.25) is 11.8 Å². The maximum Gasteiger partial charge on any atom is 0.239 e. The molecule has 0 radical (unpaired) electrons. The van der Waals surface area contributed by atoms with Gasteiger partial charge in [0, 0.05) is 26.6 Å². The Bertz CT molecular complexity index is 252. The SMILES string of the molecule is CC(=O)N(CC(=O)NCCN(C)C)CC(C)C. The summed E-state index contributed by atoms with van der Waals surface area (Å²) in [5.74, 6) is 0.220. The Kier molecular flexibility index (Phi) is 7.54. The number of likely N-dealkylation sites (N-methyl/N-ethyl adjacent to an activating group) is 1. The van der Waals surface area contributed by atoms with Gasteiger partial charge in [-0.15, -0.1) is 0 Å². The first-order valence-electron chi connectivity index (χ1n) is 6.00. The average molecular weight is 243 g/mol. The van der Waals surface area contributed by atoms with E-state index < -0.39 is 0 Å². The van der Waals surface area contributed by atoms with Gasteiger partial charge in [0.05, 0.1) is 6.54 Å². The van der Waals surface area contributed by atoms with Gasteiger partial charge in [-0.3, -0.25) is 9.59 Å². The number of nitrogens with zero attached hydrogens (tertiary/aromatic N) is 2. The van der Waals surface area contributed by atoms with Crippen LogP contribution in [0.1, 0.15) is 20.8 Å². The van der Waals surface area contributed by atoms with E-state index in [1.165, 1.54) is 6.92 Å². The molecule has 0 rings (SSSR count). The maximum absolute atomic E-state index is 11.6. The lowest BCUT2D eigenvalue weighted by Gasteiger charge is -2.22. The number of nitrogens with one attached hydrogen (secondary N) is 1. The fourth-order valence-electron chi connectivity index (χ4n) is 1.39. The first-order valence-corrected chi connectivity index (χ1v) is 6.00. The van der Waals surface area contributed by atoms with Crippen molar-refractivity contribution < 1.29 is 9.59 Å². The highest BCUT2D eigenvalue weighted by Crippen LogP contribution is 1.98. The zero-order chi connectivity index (χ0) is 13.4. The highest BCUT2D eigenvalue weighted by atomic mass is 16.2. The van der Waals surface area contributed by atoms with Gasteiger partial charge in [-0.1, -0.05) is 13.8 Å². The van der Waals surface area contributed by atoms with Gasteiger partial charge in [-0.05, 0) is 20.0 Å². The zero-order valence-electron chi connectivity index (χ0n) is 11.6. The normalized spacial score (nSPS) is 10.8. The predicted molar refractivity (Wildman–Crippen MR) is 68.7 cm³/mol. The molecular weight excluding hydrogens is 218 g/mol. The van der Waals surface area contributed by atoms with Crippen LogP contribution in [0.25, 0.3) is 0 Å². The second kappa shape index (κ2) is 8.06. The van der Waals surface area contributed by atoms with Crippen LogP contribution in [0.5, 0.6) is 0 Å². The van der Waals surface area contributed by atoms with E-state index in [9.17, 15) is 9.59 Å². The first-order chi connectivity index (χ1) is 7.82. The molecule has 0 aliphatic carbocycles. The summed E-state index contributed by atoms with van der Waals surface area (Å²) in [7, 11) is 3.90. The molecule has 100 valence electrons. The minimum absolute atomic E-state index is 0.0542. The monoisotopic (exact) mass is 243 g/mol. The molecule has 0 aliphatic rings. The van der Waals surface area contributed by atoms with Crippen LogP contribution in [0.3, 0.4) is 0 Å². The van der Waals surface area contributed by atoms with E-state index in [-0.39, 0.29) is 18.4 Å². The van der Waals surface area contributed by atoms with Gasteiger partial charge >= 0.3 is 0 Å². The van der Waals surface area contributed by atoms with Gasteiger partial charge < -0.3 is 15.1 Å². The molecular formula is C12H25N3O2. The molecule has 0 aromatic rings. The van der Waals surface area contributed by atoms with Gasteiger partial charge in [-0.25, -0.2) is 0 Å². The molecule has 5 nitrogen and oxygen atoms in total. The molecule has 0 fully saturated rings. The minimum atomic E-state index is -0.0947. The van der Waals surface area contributed by atoms with Crippen molar-refractivity contribution in [2.45, 2.75) is 20.8 Å².